The first kappa shape index (κ1) is 14.8. The molecule has 1 aliphatic heterocycles. The van der Waals surface area contributed by atoms with Crippen molar-refractivity contribution in [3.05, 3.63) is 0 Å². The van der Waals surface area contributed by atoms with Crippen molar-refractivity contribution < 1.29 is 9.53 Å². The van der Waals surface area contributed by atoms with E-state index in [1.165, 1.54) is 12.8 Å². The van der Waals surface area contributed by atoms with Crippen LogP contribution in [0.3, 0.4) is 0 Å². The number of hydrogen-bond acceptors (Lipinski definition) is 3. The predicted octanol–water partition coefficient (Wildman–Crippen LogP) is 1.64. The summed E-state index contributed by atoms with van der Waals surface area (Å²) in [5, 5.41) is 0. The van der Waals surface area contributed by atoms with Gasteiger partial charge in [0.1, 0.15) is 0 Å². The van der Waals surface area contributed by atoms with Gasteiger partial charge in [0.2, 0.25) is 5.91 Å². The molecule has 0 bridgehead atoms. The fourth-order valence-electron chi connectivity index (χ4n) is 3.68. The van der Waals surface area contributed by atoms with Gasteiger partial charge in [-0.15, -0.1) is 0 Å². The molecule has 2 rings (SSSR count). The van der Waals surface area contributed by atoms with Crippen LogP contribution in [0, 0.1) is 17.8 Å². The average Bonchev–Trinajstić information content (AvgIpc) is 2.88. The van der Waals surface area contributed by atoms with Crippen molar-refractivity contribution >= 4 is 5.91 Å². The number of carbonyl (C=O) groups is 1. The van der Waals surface area contributed by atoms with E-state index in [4.69, 9.17) is 10.5 Å². The Morgan fingerprint density at radius 1 is 1.32 bits per heavy atom. The van der Waals surface area contributed by atoms with Crippen LogP contribution < -0.4 is 5.73 Å². The first-order valence-electron chi connectivity index (χ1n) is 7.72. The topological polar surface area (TPSA) is 55.6 Å². The van der Waals surface area contributed by atoms with Crippen LogP contribution in [0.2, 0.25) is 0 Å². The van der Waals surface area contributed by atoms with E-state index in [0.29, 0.717) is 17.7 Å². The van der Waals surface area contributed by atoms with Crippen LogP contribution in [0.4, 0.5) is 0 Å². The lowest BCUT2D eigenvalue weighted by Crippen LogP contribution is -2.37. The van der Waals surface area contributed by atoms with Crippen LogP contribution in [0.5, 0.6) is 0 Å². The minimum atomic E-state index is 0.256. The van der Waals surface area contributed by atoms with Crippen molar-refractivity contribution in [3.63, 3.8) is 0 Å². The second-order valence-electron chi connectivity index (χ2n) is 6.20. The molecule has 0 aromatic carbocycles. The molecule has 0 radical (unpaired) electrons. The SMILES string of the molecule is COCC1CCN(C(=O)C2CCCC(CCN)C2)C1. The molecule has 1 amide bonds. The first-order chi connectivity index (χ1) is 9.24. The second-order valence-corrected chi connectivity index (χ2v) is 6.20. The molecule has 0 aromatic heterocycles. The Balaban J connectivity index is 1.82. The molecule has 3 atom stereocenters. The van der Waals surface area contributed by atoms with Gasteiger partial charge in [0.15, 0.2) is 0 Å². The zero-order valence-electron chi connectivity index (χ0n) is 12.1. The molecule has 0 aromatic rings. The van der Waals surface area contributed by atoms with E-state index in [-0.39, 0.29) is 5.92 Å². The standard InChI is InChI=1S/C15H28N2O2/c1-19-11-13-6-8-17(10-13)15(18)14-4-2-3-12(9-14)5-7-16/h12-14H,2-11,16H2,1H3. The number of methoxy groups -OCH3 is 1. The number of carbonyl (C=O) groups excluding carboxylic acids is 1. The smallest absolute Gasteiger partial charge is 0.225 e. The highest BCUT2D eigenvalue weighted by atomic mass is 16.5. The number of hydrogen-bond donors (Lipinski definition) is 1. The van der Waals surface area contributed by atoms with Crippen LogP contribution in [0.1, 0.15) is 38.5 Å². The molecule has 3 unspecified atom stereocenters. The van der Waals surface area contributed by atoms with Crippen molar-refractivity contribution in [1.29, 1.82) is 0 Å². The molecule has 0 spiro atoms. The molecule has 1 aliphatic carbocycles. The Morgan fingerprint density at radius 3 is 2.89 bits per heavy atom. The van der Waals surface area contributed by atoms with Gasteiger partial charge in [-0.1, -0.05) is 12.8 Å². The van der Waals surface area contributed by atoms with Crippen LogP contribution in [-0.4, -0.2) is 44.2 Å². The molecule has 1 saturated heterocycles. The van der Waals surface area contributed by atoms with Crippen molar-refractivity contribution in [2.45, 2.75) is 38.5 Å². The van der Waals surface area contributed by atoms with Gasteiger partial charge < -0.3 is 15.4 Å². The maximum Gasteiger partial charge on any atom is 0.225 e. The molecular weight excluding hydrogens is 240 g/mol. The molecule has 110 valence electrons. The maximum absolute atomic E-state index is 12.6. The number of nitrogens with zero attached hydrogens (tertiary/aromatic N) is 1. The number of likely N-dealkylation sites (tertiary alicyclic amines) is 1. The highest BCUT2D eigenvalue weighted by molar-refractivity contribution is 5.79. The highest BCUT2D eigenvalue weighted by Gasteiger charge is 2.33. The molecule has 4 heteroatoms. The summed E-state index contributed by atoms with van der Waals surface area (Å²) in [6.07, 6.45) is 6.76. The van der Waals surface area contributed by atoms with Crippen LogP contribution >= 0.6 is 0 Å². The highest BCUT2D eigenvalue weighted by Crippen LogP contribution is 2.33. The van der Waals surface area contributed by atoms with Gasteiger partial charge in [0.05, 0.1) is 6.61 Å². The van der Waals surface area contributed by atoms with E-state index < -0.39 is 0 Å². The summed E-state index contributed by atoms with van der Waals surface area (Å²) in [7, 11) is 1.74. The molecule has 2 aliphatic rings. The van der Waals surface area contributed by atoms with Crippen molar-refractivity contribution in [2.75, 3.05) is 33.4 Å². The van der Waals surface area contributed by atoms with Gasteiger partial charge in [-0.05, 0) is 38.1 Å². The van der Waals surface area contributed by atoms with Crippen molar-refractivity contribution in [2.24, 2.45) is 23.5 Å². The van der Waals surface area contributed by atoms with E-state index in [9.17, 15) is 4.79 Å². The van der Waals surface area contributed by atoms with Crippen molar-refractivity contribution in [1.82, 2.24) is 4.90 Å². The summed E-state index contributed by atoms with van der Waals surface area (Å²) in [5.74, 6) is 1.86. The lowest BCUT2D eigenvalue weighted by atomic mass is 9.79. The number of amides is 1. The van der Waals surface area contributed by atoms with E-state index in [1.54, 1.807) is 7.11 Å². The fraction of sp³-hybridized carbons (Fsp3) is 0.933. The number of ether oxygens (including phenoxy) is 1. The Bertz CT molecular complexity index is 294. The Labute approximate surface area is 116 Å². The first-order valence-corrected chi connectivity index (χ1v) is 7.72. The molecular formula is C15H28N2O2. The normalized spacial score (nSPS) is 31.7. The molecule has 1 heterocycles. The third-order valence-electron chi connectivity index (χ3n) is 4.71. The minimum Gasteiger partial charge on any atom is -0.384 e. The van der Waals surface area contributed by atoms with Crippen LogP contribution in [0.25, 0.3) is 0 Å². The second kappa shape index (κ2) is 7.25. The fourth-order valence-corrected chi connectivity index (χ4v) is 3.68. The van der Waals surface area contributed by atoms with Gasteiger partial charge >= 0.3 is 0 Å². The van der Waals surface area contributed by atoms with Crippen molar-refractivity contribution in [3.8, 4) is 0 Å². The quantitative estimate of drug-likeness (QED) is 0.824. The van der Waals surface area contributed by atoms with Gasteiger partial charge in [-0.3, -0.25) is 4.79 Å². The summed E-state index contributed by atoms with van der Waals surface area (Å²) in [6.45, 7) is 3.35. The Morgan fingerprint density at radius 2 is 2.16 bits per heavy atom. The minimum absolute atomic E-state index is 0.256. The van der Waals surface area contributed by atoms with E-state index >= 15 is 0 Å². The van der Waals surface area contributed by atoms with Crippen LogP contribution in [-0.2, 0) is 9.53 Å². The Hall–Kier alpha value is -0.610. The van der Waals surface area contributed by atoms with Gasteiger partial charge in [0.25, 0.3) is 0 Å². The summed E-state index contributed by atoms with van der Waals surface area (Å²) in [5.41, 5.74) is 5.65. The average molecular weight is 268 g/mol. The van der Waals surface area contributed by atoms with Gasteiger partial charge in [-0.25, -0.2) is 0 Å². The zero-order chi connectivity index (χ0) is 13.7. The summed E-state index contributed by atoms with van der Waals surface area (Å²) < 4.78 is 5.20. The summed E-state index contributed by atoms with van der Waals surface area (Å²) >= 11 is 0. The third-order valence-corrected chi connectivity index (χ3v) is 4.71. The molecule has 4 nitrogen and oxygen atoms in total. The number of nitrogens with two attached hydrogens (primary N) is 1. The lowest BCUT2D eigenvalue weighted by molar-refractivity contribution is -0.136. The maximum atomic E-state index is 12.6. The third kappa shape index (κ3) is 3.93. The van der Waals surface area contributed by atoms with E-state index in [0.717, 1.165) is 51.9 Å². The lowest BCUT2D eigenvalue weighted by Gasteiger charge is -2.31. The summed E-state index contributed by atoms with van der Waals surface area (Å²) in [6, 6.07) is 0. The number of rotatable bonds is 5. The monoisotopic (exact) mass is 268 g/mol. The van der Waals surface area contributed by atoms with E-state index in [1.807, 2.05) is 0 Å². The largest absolute Gasteiger partial charge is 0.384 e. The van der Waals surface area contributed by atoms with E-state index in [2.05, 4.69) is 4.90 Å². The summed E-state index contributed by atoms with van der Waals surface area (Å²) in [4.78, 5) is 14.6. The van der Waals surface area contributed by atoms with Gasteiger partial charge in [-0.2, -0.15) is 0 Å². The molecule has 19 heavy (non-hydrogen) atoms. The molecule has 2 fully saturated rings. The molecule has 2 N–H and O–H groups in total. The van der Waals surface area contributed by atoms with Gasteiger partial charge in [0, 0.05) is 32.0 Å². The Kier molecular flexibility index (Phi) is 5.64. The zero-order valence-corrected chi connectivity index (χ0v) is 12.1. The molecule has 1 saturated carbocycles. The van der Waals surface area contributed by atoms with Crippen LogP contribution in [0.15, 0.2) is 0 Å². The predicted molar refractivity (Wildman–Crippen MR) is 75.7 cm³/mol.